The summed E-state index contributed by atoms with van der Waals surface area (Å²) >= 11 is 6.67. The number of halogens is 1. The molecule has 13 heteroatoms. The lowest BCUT2D eigenvalue weighted by molar-refractivity contribution is -0.117. The van der Waals surface area contributed by atoms with Crippen molar-refractivity contribution in [3.8, 4) is 33.9 Å². The molecule has 1 aliphatic heterocycles. The van der Waals surface area contributed by atoms with E-state index in [9.17, 15) is 21.6 Å². The minimum Gasteiger partial charge on any atom is -0.492 e. The predicted octanol–water partition coefficient (Wildman–Crippen LogP) is 4.08. The average molecular weight is 608 g/mol. The van der Waals surface area contributed by atoms with Crippen molar-refractivity contribution in [1.82, 2.24) is 9.71 Å². The smallest absolute Gasteiger partial charge is 0.326 e. The highest BCUT2D eigenvalue weighted by molar-refractivity contribution is 7.92. The van der Waals surface area contributed by atoms with E-state index in [2.05, 4.69) is 4.98 Å². The largest absolute Gasteiger partial charge is 0.492 e. The van der Waals surface area contributed by atoms with E-state index in [0.717, 1.165) is 32.3 Å². The predicted molar refractivity (Wildman–Crippen MR) is 155 cm³/mol. The number of ether oxygens (including phenoxy) is 2. The number of sulfone groups is 1. The average Bonchev–Trinajstić information content (AvgIpc) is 3.13. The second-order valence-electron chi connectivity index (χ2n) is 9.40. The maximum Gasteiger partial charge on any atom is 0.326 e. The highest BCUT2D eigenvalue weighted by Crippen LogP contribution is 2.44. The molecule has 1 aromatic heterocycles. The van der Waals surface area contributed by atoms with E-state index in [4.69, 9.17) is 21.1 Å². The maximum atomic E-state index is 12.4. The molecule has 214 valence electrons. The van der Waals surface area contributed by atoms with Gasteiger partial charge < -0.3 is 9.47 Å². The number of amides is 1. The van der Waals surface area contributed by atoms with Crippen LogP contribution in [0.5, 0.6) is 11.6 Å². The Morgan fingerprint density at radius 2 is 1.82 bits per heavy atom. The molecule has 1 saturated heterocycles. The van der Waals surface area contributed by atoms with Crippen molar-refractivity contribution in [2.45, 2.75) is 27.2 Å². The first-order valence-electron chi connectivity index (χ1n) is 12.5. The molecule has 0 aliphatic carbocycles. The van der Waals surface area contributed by atoms with E-state index < -0.39 is 26.0 Å². The number of aryl methyl sites for hydroxylation is 2. The van der Waals surface area contributed by atoms with Gasteiger partial charge >= 0.3 is 10.2 Å². The van der Waals surface area contributed by atoms with Crippen LogP contribution in [0, 0.1) is 13.8 Å². The van der Waals surface area contributed by atoms with E-state index >= 15 is 0 Å². The molecule has 2 aromatic carbocycles. The number of rotatable bonds is 10. The van der Waals surface area contributed by atoms with Gasteiger partial charge in [-0.1, -0.05) is 29.8 Å². The summed E-state index contributed by atoms with van der Waals surface area (Å²) in [6, 6.07) is 12.8. The molecule has 0 atom stereocenters. The lowest BCUT2D eigenvalue weighted by atomic mass is 9.95. The van der Waals surface area contributed by atoms with Crippen LogP contribution >= 0.6 is 11.6 Å². The Morgan fingerprint density at radius 3 is 2.45 bits per heavy atom. The number of hydrogen-bond donors (Lipinski definition) is 1. The van der Waals surface area contributed by atoms with Crippen LogP contribution in [0.25, 0.3) is 22.3 Å². The van der Waals surface area contributed by atoms with Crippen molar-refractivity contribution in [2.75, 3.05) is 36.1 Å². The van der Waals surface area contributed by atoms with Gasteiger partial charge in [-0.2, -0.15) is 8.42 Å². The van der Waals surface area contributed by atoms with Gasteiger partial charge in [0.05, 0.1) is 24.7 Å². The molecule has 0 spiro atoms. The van der Waals surface area contributed by atoms with Crippen LogP contribution in [0.15, 0.2) is 42.5 Å². The fourth-order valence-corrected chi connectivity index (χ4v) is 6.73. The van der Waals surface area contributed by atoms with Gasteiger partial charge in [0.1, 0.15) is 27.2 Å². The minimum atomic E-state index is -4.04. The van der Waals surface area contributed by atoms with Crippen LogP contribution in [0.2, 0.25) is 5.02 Å². The van der Waals surface area contributed by atoms with E-state index in [1.54, 1.807) is 19.1 Å². The molecule has 3 aromatic rings. The zero-order valence-corrected chi connectivity index (χ0v) is 24.9. The number of hydrogen-bond acceptors (Lipinski definition) is 8. The normalized spacial score (nSPS) is 14.7. The summed E-state index contributed by atoms with van der Waals surface area (Å²) in [6.45, 7) is 5.78. The third-order valence-electron chi connectivity index (χ3n) is 6.20. The molecule has 1 aliphatic rings. The number of aromatic nitrogens is 1. The lowest BCUT2D eigenvalue weighted by Crippen LogP contribution is -2.29. The van der Waals surface area contributed by atoms with Crippen molar-refractivity contribution >= 4 is 43.2 Å². The standard InChI is InChI=1S/C27H30ClN3O7S2/c1-5-37-27-21(10-11-22(26(27)28)31-16-23(32)30-40(31,35)36)19-8-6-9-20(15-19)25-17(2)14-24(29-18(25)3)38-12-7-13-39(4,33)34/h6,8-11,14-15H,5,7,12-13,16H2,1-4H3,(H,30,32). The van der Waals surface area contributed by atoms with Crippen molar-refractivity contribution < 1.29 is 31.1 Å². The molecule has 40 heavy (non-hydrogen) atoms. The second-order valence-corrected chi connectivity index (χ2v) is 13.6. The first-order chi connectivity index (χ1) is 18.8. The lowest BCUT2D eigenvalue weighted by Gasteiger charge is -2.21. The summed E-state index contributed by atoms with van der Waals surface area (Å²) < 4.78 is 61.9. The SMILES string of the molecule is CCOc1c(-c2cccc(-c3c(C)cc(OCCCS(C)(=O)=O)nc3C)c2)ccc(N2CC(=O)NS2(=O)=O)c1Cl. The van der Waals surface area contributed by atoms with Crippen LogP contribution in [-0.4, -0.2) is 59.5 Å². The number of carbonyl (C=O) groups is 1. The van der Waals surface area contributed by atoms with Crippen LogP contribution in [0.1, 0.15) is 24.6 Å². The summed E-state index contributed by atoms with van der Waals surface area (Å²) in [5, 5.41) is 0.0798. The Bertz CT molecular complexity index is 1650. The van der Waals surface area contributed by atoms with Gasteiger partial charge in [-0.15, -0.1) is 0 Å². The van der Waals surface area contributed by atoms with E-state index in [1.165, 1.54) is 6.26 Å². The third kappa shape index (κ3) is 6.51. The quantitative estimate of drug-likeness (QED) is 0.341. The van der Waals surface area contributed by atoms with Gasteiger partial charge in [0.25, 0.3) is 5.91 Å². The third-order valence-corrected chi connectivity index (χ3v) is 8.99. The molecule has 0 unspecified atom stereocenters. The Hall–Kier alpha value is -3.35. The van der Waals surface area contributed by atoms with Gasteiger partial charge in [0.2, 0.25) is 5.88 Å². The molecule has 10 nitrogen and oxygen atoms in total. The number of pyridine rings is 1. The van der Waals surface area contributed by atoms with Gasteiger partial charge in [-0.3, -0.25) is 4.79 Å². The van der Waals surface area contributed by atoms with Gasteiger partial charge in [0.15, 0.2) is 0 Å². The molecule has 1 N–H and O–H groups in total. The number of nitrogens with one attached hydrogen (secondary N) is 1. The van der Waals surface area contributed by atoms with Crippen LogP contribution < -0.4 is 18.5 Å². The molecule has 4 rings (SSSR count). The van der Waals surface area contributed by atoms with Crippen LogP contribution in [0.4, 0.5) is 5.69 Å². The Balaban J connectivity index is 1.67. The van der Waals surface area contributed by atoms with E-state index in [-0.39, 0.29) is 36.2 Å². The van der Waals surface area contributed by atoms with Gasteiger partial charge in [-0.05, 0) is 62.1 Å². The number of anilines is 1. The first-order valence-corrected chi connectivity index (χ1v) is 16.4. The summed E-state index contributed by atoms with van der Waals surface area (Å²) in [7, 11) is -7.09. The Kier molecular flexibility index (Phi) is 8.62. The van der Waals surface area contributed by atoms with Crippen molar-refractivity contribution in [2.24, 2.45) is 0 Å². The monoisotopic (exact) mass is 607 g/mol. The zero-order chi connectivity index (χ0) is 29.2. The molecule has 0 saturated carbocycles. The van der Waals surface area contributed by atoms with Crippen LogP contribution in [-0.2, 0) is 24.8 Å². The van der Waals surface area contributed by atoms with Crippen molar-refractivity contribution in [3.05, 3.63) is 58.7 Å². The first kappa shape index (κ1) is 29.6. The second kappa shape index (κ2) is 11.6. The highest BCUT2D eigenvalue weighted by Gasteiger charge is 2.36. The highest BCUT2D eigenvalue weighted by atomic mass is 35.5. The van der Waals surface area contributed by atoms with E-state index in [0.29, 0.717) is 23.6 Å². The summed E-state index contributed by atoms with van der Waals surface area (Å²) in [4.78, 5) is 16.3. The number of carbonyl (C=O) groups excluding carboxylic acids is 1. The number of benzene rings is 2. The molecular weight excluding hydrogens is 578 g/mol. The summed E-state index contributed by atoms with van der Waals surface area (Å²) in [6.07, 6.45) is 1.57. The fourth-order valence-electron chi connectivity index (χ4n) is 4.56. The van der Waals surface area contributed by atoms with Crippen molar-refractivity contribution in [1.29, 1.82) is 0 Å². The minimum absolute atomic E-state index is 0.0490. The zero-order valence-electron chi connectivity index (χ0n) is 22.5. The fraction of sp³-hybridized carbons (Fsp3) is 0.333. The summed E-state index contributed by atoms with van der Waals surface area (Å²) in [5.41, 5.74) is 5.06. The van der Waals surface area contributed by atoms with Gasteiger partial charge in [-0.25, -0.2) is 22.4 Å². The molecule has 0 radical (unpaired) electrons. The molecular formula is C27H30ClN3O7S2. The molecule has 1 amide bonds. The van der Waals surface area contributed by atoms with E-state index in [1.807, 2.05) is 48.9 Å². The molecule has 1 fully saturated rings. The van der Waals surface area contributed by atoms with Gasteiger partial charge in [0, 0.05) is 29.1 Å². The van der Waals surface area contributed by atoms with Crippen molar-refractivity contribution in [3.63, 3.8) is 0 Å². The summed E-state index contributed by atoms with van der Waals surface area (Å²) in [5.74, 6) is 0.135. The topological polar surface area (TPSA) is 132 Å². The maximum absolute atomic E-state index is 12.4. The molecule has 0 bridgehead atoms. The Labute approximate surface area is 239 Å². The van der Waals surface area contributed by atoms with Crippen LogP contribution in [0.3, 0.4) is 0 Å². The molecule has 2 heterocycles. The number of nitrogens with zero attached hydrogens (tertiary/aromatic N) is 2. The Morgan fingerprint density at radius 1 is 1.10 bits per heavy atom.